The number of para-hydroxylation sites is 2. The Kier molecular flexibility index (Phi) is 5.63. The van der Waals surface area contributed by atoms with Crippen LogP contribution in [0.15, 0.2) is 24.3 Å². The van der Waals surface area contributed by atoms with E-state index < -0.39 is 0 Å². The van der Waals surface area contributed by atoms with Crippen molar-refractivity contribution in [1.82, 2.24) is 5.32 Å². The van der Waals surface area contributed by atoms with Crippen molar-refractivity contribution in [3.05, 3.63) is 24.3 Å². The van der Waals surface area contributed by atoms with E-state index in [1.165, 1.54) is 0 Å². The highest BCUT2D eigenvalue weighted by molar-refractivity contribution is 5.77. The molecule has 0 heterocycles. The van der Waals surface area contributed by atoms with Gasteiger partial charge in [0.2, 0.25) is 0 Å². The lowest BCUT2D eigenvalue weighted by atomic mass is 9.94. The predicted octanol–water partition coefficient (Wildman–Crippen LogP) is 1.18. The van der Waals surface area contributed by atoms with Gasteiger partial charge in [0.1, 0.15) is 0 Å². The van der Waals surface area contributed by atoms with Gasteiger partial charge in [0.05, 0.1) is 7.11 Å². The molecule has 0 radical (unpaired) electrons. The molecule has 0 fully saturated rings. The van der Waals surface area contributed by atoms with Gasteiger partial charge in [-0.3, -0.25) is 4.79 Å². The third-order valence-electron chi connectivity index (χ3n) is 2.74. The number of benzene rings is 1. The molecule has 19 heavy (non-hydrogen) atoms. The molecule has 106 valence electrons. The van der Waals surface area contributed by atoms with Gasteiger partial charge in [-0.2, -0.15) is 0 Å². The maximum Gasteiger partial charge on any atom is 0.257 e. The molecule has 0 aliphatic carbocycles. The Hall–Kier alpha value is -1.75. The Morgan fingerprint density at radius 1 is 1.32 bits per heavy atom. The summed E-state index contributed by atoms with van der Waals surface area (Å²) in [6.07, 6.45) is 0. The third kappa shape index (κ3) is 5.18. The summed E-state index contributed by atoms with van der Waals surface area (Å²) in [5, 5.41) is 2.80. The van der Waals surface area contributed by atoms with Crippen LogP contribution in [-0.2, 0) is 4.79 Å². The summed E-state index contributed by atoms with van der Waals surface area (Å²) in [4.78, 5) is 11.7. The van der Waals surface area contributed by atoms with Crippen molar-refractivity contribution in [1.29, 1.82) is 0 Å². The summed E-state index contributed by atoms with van der Waals surface area (Å²) in [5.41, 5.74) is 5.49. The first-order valence-corrected chi connectivity index (χ1v) is 6.21. The number of hydrogen-bond donors (Lipinski definition) is 2. The van der Waals surface area contributed by atoms with Crippen molar-refractivity contribution in [3.8, 4) is 11.5 Å². The van der Waals surface area contributed by atoms with Crippen LogP contribution < -0.4 is 20.5 Å². The highest BCUT2D eigenvalue weighted by Crippen LogP contribution is 2.25. The fourth-order valence-electron chi connectivity index (χ4n) is 1.34. The Balaban J connectivity index is 2.42. The van der Waals surface area contributed by atoms with Crippen LogP contribution in [-0.4, -0.2) is 32.7 Å². The van der Waals surface area contributed by atoms with Crippen LogP contribution in [0.1, 0.15) is 13.8 Å². The zero-order valence-corrected chi connectivity index (χ0v) is 11.7. The third-order valence-corrected chi connectivity index (χ3v) is 2.74. The van der Waals surface area contributed by atoms with Crippen LogP contribution in [0.3, 0.4) is 0 Å². The van der Waals surface area contributed by atoms with E-state index in [1.54, 1.807) is 19.2 Å². The monoisotopic (exact) mass is 266 g/mol. The molecule has 1 aromatic carbocycles. The molecule has 3 N–H and O–H groups in total. The largest absolute Gasteiger partial charge is 0.493 e. The first-order chi connectivity index (χ1) is 8.98. The molecule has 0 spiro atoms. The SMILES string of the molecule is COc1ccccc1OCC(=O)NCC(C)(C)CN. The highest BCUT2D eigenvalue weighted by atomic mass is 16.5. The molecule has 0 bridgehead atoms. The fourth-order valence-corrected chi connectivity index (χ4v) is 1.34. The van der Waals surface area contributed by atoms with E-state index in [2.05, 4.69) is 5.32 Å². The molecule has 0 aromatic heterocycles. The lowest BCUT2D eigenvalue weighted by molar-refractivity contribution is -0.123. The van der Waals surface area contributed by atoms with Gasteiger partial charge in [0.25, 0.3) is 5.91 Å². The molecule has 0 atom stereocenters. The average molecular weight is 266 g/mol. The van der Waals surface area contributed by atoms with Crippen molar-refractivity contribution < 1.29 is 14.3 Å². The van der Waals surface area contributed by atoms with E-state index in [4.69, 9.17) is 15.2 Å². The number of nitrogens with one attached hydrogen (secondary N) is 1. The average Bonchev–Trinajstić information content (AvgIpc) is 2.43. The lowest BCUT2D eigenvalue weighted by Crippen LogP contribution is -2.40. The summed E-state index contributed by atoms with van der Waals surface area (Å²) in [6, 6.07) is 7.21. The molecule has 0 saturated heterocycles. The number of nitrogens with two attached hydrogens (primary N) is 1. The molecule has 5 nitrogen and oxygen atoms in total. The van der Waals surface area contributed by atoms with Crippen molar-refractivity contribution >= 4 is 5.91 Å². The maximum atomic E-state index is 11.7. The van der Waals surface area contributed by atoms with Gasteiger partial charge in [0, 0.05) is 6.54 Å². The topological polar surface area (TPSA) is 73.6 Å². The van der Waals surface area contributed by atoms with Crippen LogP contribution >= 0.6 is 0 Å². The first kappa shape index (κ1) is 15.3. The van der Waals surface area contributed by atoms with Crippen LogP contribution in [0.5, 0.6) is 11.5 Å². The second kappa shape index (κ2) is 6.99. The Bertz CT molecular complexity index is 419. The second-order valence-electron chi connectivity index (χ2n) is 5.08. The molecule has 0 aliphatic rings. The Labute approximate surface area is 114 Å². The van der Waals surface area contributed by atoms with Crippen molar-refractivity contribution in [2.45, 2.75) is 13.8 Å². The molecule has 1 rings (SSSR count). The smallest absolute Gasteiger partial charge is 0.257 e. The Morgan fingerprint density at radius 3 is 2.53 bits per heavy atom. The van der Waals surface area contributed by atoms with Gasteiger partial charge in [-0.25, -0.2) is 0 Å². The van der Waals surface area contributed by atoms with Crippen LogP contribution in [0.25, 0.3) is 0 Å². The maximum absolute atomic E-state index is 11.7. The normalized spacial score (nSPS) is 10.9. The Morgan fingerprint density at radius 2 is 1.95 bits per heavy atom. The van der Waals surface area contributed by atoms with Gasteiger partial charge in [0.15, 0.2) is 18.1 Å². The van der Waals surface area contributed by atoms with Crippen LogP contribution in [0, 0.1) is 5.41 Å². The quantitative estimate of drug-likeness (QED) is 0.777. The summed E-state index contributed by atoms with van der Waals surface area (Å²) in [5.74, 6) is 0.989. The lowest BCUT2D eigenvalue weighted by Gasteiger charge is -2.22. The number of carbonyl (C=O) groups is 1. The van der Waals surface area contributed by atoms with E-state index in [0.29, 0.717) is 24.6 Å². The van der Waals surface area contributed by atoms with Crippen molar-refractivity contribution in [3.63, 3.8) is 0 Å². The number of ether oxygens (including phenoxy) is 2. The van der Waals surface area contributed by atoms with E-state index in [-0.39, 0.29) is 17.9 Å². The molecular formula is C14H22N2O3. The number of hydrogen-bond acceptors (Lipinski definition) is 4. The summed E-state index contributed by atoms with van der Waals surface area (Å²) in [7, 11) is 1.56. The molecule has 0 unspecified atom stereocenters. The minimum Gasteiger partial charge on any atom is -0.493 e. The molecule has 0 saturated carbocycles. The minimum atomic E-state index is -0.174. The molecular weight excluding hydrogens is 244 g/mol. The summed E-state index contributed by atoms with van der Waals surface area (Å²) in [6.45, 7) is 4.99. The van der Waals surface area contributed by atoms with Crippen LogP contribution in [0.2, 0.25) is 0 Å². The van der Waals surface area contributed by atoms with Crippen molar-refractivity contribution in [2.75, 3.05) is 26.8 Å². The molecule has 1 amide bonds. The van der Waals surface area contributed by atoms with Gasteiger partial charge in [-0.15, -0.1) is 0 Å². The van der Waals surface area contributed by atoms with Crippen LogP contribution in [0.4, 0.5) is 0 Å². The second-order valence-corrected chi connectivity index (χ2v) is 5.08. The molecule has 1 aromatic rings. The summed E-state index contributed by atoms with van der Waals surface area (Å²) < 4.78 is 10.6. The van der Waals surface area contributed by atoms with Crippen molar-refractivity contribution in [2.24, 2.45) is 11.1 Å². The highest BCUT2D eigenvalue weighted by Gasteiger charge is 2.16. The summed E-state index contributed by atoms with van der Waals surface area (Å²) >= 11 is 0. The van der Waals surface area contributed by atoms with E-state index >= 15 is 0 Å². The number of amides is 1. The first-order valence-electron chi connectivity index (χ1n) is 6.21. The molecule has 0 aliphatic heterocycles. The zero-order chi connectivity index (χ0) is 14.3. The molecule has 5 heteroatoms. The number of methoxy groups -OCH3 is 1. The van der Waals surface area contributed by atoms with E-state index in [9.17, 15) is 4.79 Å². The zero-order valence-electron chi connectivity index (χ0n) is 11.7. The fraction of sp³-hybridized carbons (Fsp3) is 0.500. The van der Waals surface area contributed by atoms with Gasteiger partial charge < -0.3 is 20.5 Å². The van der Waals surface area contributed by atoms with Gasteiger partial charge in [-0.1, -0.05) is 26.0 Å². The standard InChI is InChI=1S/C14H22N2O3/c1-14(2,9-15)10-16-13(17)8-19-12-7-5-4-6-11(12)18-3/h4-7H,8-10,15H2,1-3H3,(H,16,17). The van der Waals surface area contributed by atoms with E-state index in [1.807, 2.05) is 26.0 Å². The minimum absolute atomic E-state index is 0.0407. The van der Waals surface area contributed by atoms with Gasteiger partial charge in [-0.05, 0) is 24.1 Å². The van der Waals surface area contributed by atoms with Gasteiger partial charge >= 0.3 is 0 Å². The van der Waals surface area contributed by atoms with E-state index in [0.717, 1.165) is 0 Å². The number of carbonyl (C=O) groups excluding carboxylic acids is 1. The predicted molar refractivity (Wildman–Crippen MR) is 74.3 cm³/mol. The number of rotatable bonds is 7.